The highest BCUT2D eigenvalue weighted by Crippen LogP contribution is 2.28. The molecule has 0 aliphatic heterocycles. The van der Waals surface area contributed by atoms with Crippen LogP contribution in [0.4, 0.5) is 0 Å². The standard InChI is InChI=1S/C17H25N3O2.ClH/c18-13-17(10-4-5-11-17)20-15(21)9-6-12-19-16(22)14-7-2-1-3-8-14;/h1-3,7-8H,4-6,9-13,18H2,(H,19,22)(H,20,21);1H. The van der Waals surface area contributed by atoms with Crippen molar-refractivity contribution in [3.8, 4) is 0 Å². The second kappa shape index (κ2) is 9.53. The average Bonchev–Trinajstić information content (AvgIpc) is 3.01. The van der Waals surface area contributed by atoms with Gasteiger partial charge in [0.05, 0.1) is 5.54 Å². The molecule has 0 aromatic heterocycles. The van der Waals surface area contributed by atoms with E-state index in [1.165, 1.54) is 0 Å². The van der Waals surface area contributed by atoms with Crippen LogP contribution in [0.3, 0.4) is 0 Å². The molecule has 0 bridgehead atoms. The van der Waals surface area contributed by atoms with E-state index in [1.54, 1.807) is 12.1 Å². The first kappa shape index (κ1) is 19.5. The Hall–Kier alpha value is -1.59. The Balaban J connectivity index is 0.00000264. The van der Waals surface area contributed by atoms with Gasteiger partial charge < -0.3 is 16.4 Å². The topological polar surface area (TPSA) is 84.2 Å². The number of carbonyl (C=O) groups excluding carboxylic acids is 2. The van der Waals surface area contributed by atoms with Crippen molar-refractivity contribution in [1.82, 2.24) is 10.6 Å². The van der Waals surface area contributed by atoms with Crippen LogP contribution in [-0.2, 0) is 4.79 Å². The summed E-state index contributed by atoms with van der Waals surface area (Å²) in [5, 5.41) is 5.91. The first-order valence-corrected chi connectivity index (χ1v) is 7.99. The quantitative estimate of drug-likeness (QED) is 0.664. The Labute approximate surface area is 143 Å². The second-order valence-corrected chi connectivity index (χ2v) is 5.97. The van der Waals surface area contributed by atoms with Gasteiger partial charge in [-0.15, -0.1) is 12.4 Å². The van der Waals surface area contributed by atoms with E-state index in [0.29, 0.717) is 31.5 Å². The molecule has 6 heteroatoms. The molecular weight excluding hydrogens is 314 g/mol. The Morgan fingerprint density at radius 2 is 1.78 bits per heavy atom. The molecule has 0 unspecified atom stereocenters. The van der Waals surface area contributed by atoms with E-state index < -0.39 is 0 Å². The summed E-state index contributed by atoms with van der Waals surface area (Å²) in [6.45, 7) is 1.00. The third-order valence-corrected chi connectivity index (χ3v) is 4.26. The minimum atomic E-state index is -0.190. The molecule has 128 valence electrons. The van der Waals surface area contributed by atoms with E-state index in [2.05, 4.69) is 10.6 Å². The van der Waals surface area contributed by atoms with Crippen molar-refractivity contribution in [3.63, 3.8) is 0 Å². The molecule has 0 spiro atoms. The largest absolute Gasteiger partial charge is 0.352 e. The molecule has 5 nitrogen and oxygen atoms in total. The second-order valence-electron chi connectivity index (χ2n) is 5.97. The van der Waals surface area contributed by atoms with Gasteiger partial charge in [0.15, 0.2) is 0 Å². The fourth-order valence-electron chi connectivity index (χ4n) is 2.93. The maximum absolute atomic E-state index is 12.0. The number of hydrogen-bond donors (Lipinski definition) is 3. The van der Waals surface area contributed by atoms with Gasteiger partial charge in [0.25, 0.3) is 5.91 Å². The predicted molar refractivity (Wildman–Crippen MR) is 93.7 cm³/mol. The van der Waals surface area contributed by atoms with Crippen LogP contribution in [0.5, 0.6) is 0 Å². The van der Waals surface area contributed by atoms with Crippen LogP contribution in [0, 0.1) is 0 Å². The van der Waals surface area contributed by atoms with Gasteiger partial charge in [-0.1, -0.05) is 31.0 Å². The summed E-state index contributed by atoms with van der Waals surface area (Å²) < 4.78 is 0. The minimum Gasteiger partial charge on any atom is -0.352 e. The van der Waals surface area contributed by atoms with Gasteiger partial charge in [-0.2, -0.15) is 0 Å². The smallest absolute Gasteiger partial charge is 0.251 e. The number of benzene rings is 1. The van der Waals surface area contributed by atoms with Crippen molar-refractivity contribution in [2.45, 2.75) is 44.1 Å². The Morgan fingerprint density at radius 1 is 1.13 bits per heavy atom. The SMILES string of the molecule is Cl.NCC1(NC(=O)CCCNC(=O)c2ccccc2)CCCC1. The van der Waals surface area contributed by atoms with E-state index >= 15 is 0 Å². The third kappa shape index (κ3) is 5.84. The molecular formula is C17H26ClN3O2. The highest BCUT2D eigenvalue weighted by Gasteiger charge is 2.33. The molecule has 1 aromatic rings. The zero-order valence-corrected chi connectivity index (χ0v) is 14.2. The van der Waals surface area contributed by atoms with Gasteiger partial charge in [-0.3, -0.25) is 9.59 Å². The highest BCUT2D eigenvalue weighted by atomic mass is 35.5. The van der Waals surface area contributed by atoms with Crippen molar-refractivity contribution in [2.24, 2.45) is 5.73 Å². The lowest BCUT2D eigenvalue weighted by atomic mass is 9.97. The molecule has 0 radical (unpaired) electrons. The normalized spacial score (nSPS) is 15.5. The van der Waals surface area contributed by atoms with Crippen LogP contribution in [0.2, 0.25) is 0 Å². The van der Waals surface area contributed by atoms with E-state index in [9.17, 15) is 9.59 Å². The zero-order chi connectivity index (χ0) is 15.8. The summed E-state index contributed by atoms with van der Waals surface area (Å²) in [4.78, 5) is 23.8. The zero-order valence-electron chi connectivity index (χ0n) is 13.3. The highest BCUT2D eigenvalue weighted by molar-refractivity contribution is 5.94. The molecule has 0 saturated heterocycles. The summed E-state index contributed by atoms with van der Waals surface area (Å²) in [5.74, 6) is -0.0726. The van der Waals surface area contributed by atoms with Crippen molar-refractivity contribution in [2.75, 3.05) is 13.1 Å². The van der Waals surface area contributed by atoms with Gasteiger partial charge in [0.1, 0.15) is 0 Å². The fraction of sp³-hybridized carbons (Fsp3) is 0.529. The Bertz CT molecular complexity index is 502. The van der Waals surface area contributed by atoms with E-state index in [0.717, 1.165) is 25.7 Å². The van der Waals surface area contributed by atoms with Gasteiger partial charge in [0, 0.05) is 25.1 Å². The lowest BCUT2D eigenvalue weighted by Crippen LogP contribution is -2.51. The molecule has 2 rings (SSSR count). The van der Waals surface area contributed by atoms with Crippen LogP contribution < -0.4 is 16.4 Å². The number of hydrogen-bond acceptors (Lipinski definition) is 3. The first-order chi connectivity index (χ1) is 10.7. The minimum absolute atomic E-state index is 0. The van der Waals surface area contributed by atoms with Crippen LogP contribution >= 0.6 is 12.4 Å². The lowest BCUT2D eigenvalue weighted by molar-refractivity contribution is -0.123. The van der Waals surface area contributed by atoms with Crippen molar-refractivity contribution in [1.29, 1.82) is 0 Å². The predicted octanol–water partition coefficient (Wildman–Crippen LogP) is 2.01. The van der Waals surface area contributed by atoms with Crippen molar-refractivity contribution < 1.29 is 9.59 Å². The van der Waals surface area contributed by atoms with E-state index in [-0.39, 0.29) is 29.8 Å². The molecule has 1 saturated carbocycles. The molecule has 1 fully saturated rings. The maximum Gasteiger partial charge on any atom is 0.251 e. The summed E-state index contributed by atoms with van der Waals surface area (Å²) in [6.07, 6.45) is 5.25. The number of nitrogens with one attached hydrogen (secondary N) is 2. The van der Waals surface area contributed by atoms with Crippen LogP contribution in [0.15, 0.2) is 30.3 Å². The van der Waals surface area contributed by atoms with Gasteiger partial charge in [-0.05, 0) is 31.4 Å². The molecule has 4 N–H and O–H groups in total. The van der Waals surface area contributed by atoms with Crippen LogP contribution in [0.25, 0.3) is 0 Å². The number of carbonyl (C=O) groups is 2. The summed E-state index contributed by atoms with van der Waals surface area (Å²) in [6, 6.07) is 9.07. The van der Waals surface area contributed by atoms with Gasteiger partial charge >= 0.3 is 0 Å². The summed E-state index contributed by atoms with van der Waals surface area (Å²) in [5.41, 5.74) is 6.25. The summed E-state index contributed by atoms with van der Waals surface area (Å²) >= 11 is 0. The molecule has 0 atom stereocenters. The third-order valence-electron chi connectivity index (χ3n) is 4.26. The van der Waals surface area contributed by atoms with E-state index in [1.807, 2.05) is 18.2 Å². The van der Waals surface area contributed by atoms with Gasteiger partial charge in [0.2, 0.25) is 5.91 Å². The first-order valence-electron chi connectivity index (χ1n) is 7.99. The molecule has 0 heterocycles. The molecule has 1 aliphatic rings. The number of rotatable bonds is 7. The fourth-order valence-corrected chi connectivity index (χ4v) is 2.93. The summed E-state index contributed by atoms with van der Waals surface area (Å²) in [7, 11) is 0. The number of nitrogens with two attached hydrogens (primary N) is 1. The van der Waals surface area contributed by atoms with E-state index in [4.69, 9.17) is 5.73 Å². The molecule has 2 amide bonds. The molecule has 1 aliphatic carbocycles. The Morgan fingerprint density at radius 3 is 2.39 bits per heavy atom. The Kier molecular flexibility index (Phi) is 8.06. The lowest BCUT2D eigenvalue weighted by Gasteiger charge is -2.28. The van der Waals surface area contributed by atoms with Gasteiger partial charge in [-0.25, -0.2) is 0 Å². The average molecular weight is 340 g/mol. The monoisotopic (exact) mass is 339 g/mol. The van der Waals surface area contributed by atoms with Crippen LogP contribution in [-0.4, -0.2) is 30.4 Å². The van der Waals surface area contributed by atoms with Crippen molar-refractivity contribution in [3.05, 3.63) is 35.9 Å². The number of amides is 2. The van der Waals surface area contributed by atoms with Crippen LogP contribution in [0.1, 0.15) is 48.9 Å². The number of halogens is 1. The van der Waals surface area contributed by atoms with Crippen molar-refractivity contribution >= 4 is 24.2 Å². The maximum atomic E-state index is 12.0. The molecule has 1 aromatic carbocycles. The molecule has 23 heavy (non-hydrogen) atoms.